The zero-order valence-electron chi connectivity index (χ0n) is 19.8. The fourth-order valence-electron chi connectivity index (χ4n) is 3.87. The van der Waals surface area contributed by atoms with Crippen LogP contribution >= 0.6 is 11.3 Å². The Morgan fingerprint density at radius 2 is 1.86 bits per heavy atom. The third-order valence-corrected chi connectivity index (χ3v) is 6.62. The van der Waals surface area contributed by atoms with Crippen LogP contribution in [0.3, 0.4) is 0 Å². The minimum Gasteiger partial charge on any atom is -0.494 e. The van der Waals surface area contributed by atoms with Gasteiger partial charge in [-0.2, -0.15) is 10.1 Å². The maximum absolute atomic E-state index is 13.8. The van der Waals surface area contributed by atoms with E-state index in [-0.39, 0.29) is 35.4 Å². The molecule has 0 spiro atoms. The Labute approximate surface area is 215 Å². The molecule has 4 aromatic rings. The normalized spacial score (nSPS) is 13.6. The number of hydrogen-bond acceptors (Lipinski definition) is 7. The van der Waals surface area contributed by atoms with Crippen LogP contribution in [0.1, 0.15) is 35.7 Å². The van der Waals surface area contributed by atoms with E-state index >= 15 is 0 Å². The van der Waals surface area contributed by atoms with Gasteiger partial charge in [-0.3, -0.25) is 19.3 Å². The highest BCUT2D eigenvalue weighted by atomic mass is 32.1. The van der Waals surface area contributed by atoms with Gasteiger partial charge in [0.2, 0.25) is 16.9 Å². The molecule has 1 aliphatic heterocycles. The third-order valence-electron chi connectivity index (χ3n) is 5.63. The Morgan fingerprint density at radius 1 is 1.11 bits per heavy atom. The summed E-state index contributed by atoms with van der Waals surface area (Å²) in [6.07, 6.45) is 1.78. The number of amides is 3. The van der Waals surface area contributed by atoms with Crippen LogP contribution < -0.4 is 14.6 Å². The number of nitrogens with zero attached hydrogens (tertiary/aromatic N) is 4. The molecule has 1 fully saturated rings. The molecule has 10 heteroatoms. The van der Waals surface area contributed by atoms with Crippen LogP contribution in [0, 0.1) is 5.82 Å². The Balaban J connectivity index is 1.52. The van der Waals surface area contributed by atoms with Crippen LogP contribution in [0.2, 0.25) is 0 Å². The number of hydrogen-bond donors (Lipinski definition) is 0. The van der Waals surface area contributed by atoms with Crippen molar-refractivity contribution in [3.63, 3.8) is 0 Å². The second-order valence-electron chi connectivity index (χ2n) is 8.15. The second kappa shape index (κ2) is 10.3. The minimum absolute atomic E-state index is 0.137. The van der Waals surface area contributed by atoms with Crippen LogP contribution in [0.15, 0.2) is 71.8 Å². The van der Waals surface area contributed by atoms with Crippen molar-refractivity contribution < 1.29 is 23.5 Å². The highest BCUT2D eigenvalue weighted by Crippen LogP contribution is 2.31. The lowest BCUT2D eigenvalue weighted by Gasteiger charge is -2.17. The van der Waals surface area contributed by atoms with Gasteiger partial charge in [-0.05, 0) is 73.2 Å². The van der Waals surface area contributed by atoms with Gasteiger partial charge < -0.3 is 4.74 Å². The van der Waals surface area contributed by atoms with Crippen molar-refractivity contribution in [2.75, 3.05) is 16.5 Å². The number of benzene rings is 3. The van der Waals surface area contributed by atoms with Gasteiger partial charge in [0.25, 0.3) is 5.91 Å². The molecule has 0 saturated carbocycles. The zero-order chi connectivity index (χ0) is 25.9. The Kier molecular flexibility index (Phi) is 6.74. The molecule has 1 saturated heterocycles. The summed E-state index contributed by atoms with van der Waals surface area (Å²) in [7, 11) is 0. The number of aromatic nitrogens is 1. The summed E-state index contributed by atoms with van der Waals surface area (Å²) in [5, 5.41) is 5.79. The molecule has 8 nitrogen and oxygen atoms in total. The van der Waals surface area contributed by atoms with Crippen molar-refractivity contribution in [1.82, 2.24) is 4.98 Å². The van der Waals surface area contributed by atoms with Gasteiger partial charge in [0.05, 0.1) is 28.7 Å². The van der Waals surface area contributed by atoms with Gasteiger partial charge >= 0.3 is 0 Å². The van der Waals surface area contributed by atoms with E-state index in [1.54, 1.807) is 42.5 Å². The van der Waals surface area contributed by atoms with E-state index in [4.69, 9.17) is 4.74 Å². The second-order valence-corrected chi connectivity index (χ2v) is 9.15. The topological polar surface area (TPSA) is 92.2 Å². The standard InChI is InChI=1S/C27H21FN4O4S/c1-2-36-21-9-6-17(7-10-21)16-29-32(27-30-22-11-8-19(28)15-23(22)37-27)26(35)18-4-3-5-20(14-18)31-24(33)12-13-25(31)34/h3-11,14-16H,2,12-13H2,1H3/b29-16+. The molecule has 3 amide bonds. The monoisotopic (exact) mass is 516 g/mol. The number of hydrazone groups is 1. The number of carbonyl (C=O) groups excluding carboxylic acids is 3. The van der Waals surface area contributed by atoms with Crippen molar-refractivity contribution in [2.24, 2.45) is 5.10 Å². The van der Waals surface area contributed by atoms with Crippen molar-refractivity contribution in [3.05, 3.63) is 83.7 Å². The Morgan fingerprint density at radius 3 is 2.59 bits per heavy atom. The number of rotatable bonds is 7. The molecular weight excluding hydrogens is 495 g/mol. The molecule has 186 valence electrons. The molecule has 0 N–H and O–H groups in total. The third kappa shape index (κ3) is 5.10. The number of carbonyl (C=O) groups is 3. The molecule has 37 heavy (non-hydrogen) atoms. The number of thiazole rings is 1. The summed E-state index contributed by atoms with van der Waals surface area (Å²) >= 11 is 1.12. The van der Waals surface area contributed by atoms with E-state index in [1.165, 1.54) is 30.5 Å². The van der Waals surface area contributed by atoms with E-state index in [9.17, 15) is 18.8 Å². The average molecular weight is 517 g/mol. The van der Waals surface area contributed by atoms with E-state index in [2.05, 4.69) is 10.1 Å². The van der Waals surface area contributed by atoms with Crippen molar-refractivity contribution in [2.45, 2.75) is 19.8 Å². The van der Waals surface area contributed by atoms with Crippen molar-refractivity contribution in [1.29, 1.82) is 0 Å². The first-order valence-corrected chi connectivity index (χ1v) is 12.4. The number of ether oxygens (including phenoxy) is 1. The molecular formula is C27H21FN4O4S. The quantitative estimate of drug-likeness (QED) is 0.192. The van der Waals surface area contributed by atoms with Crippen LogP contribution in [0.5, 0.6) is 5.75 Å². The predicted octanol–water partition coefficient (Wildman–Crippen LogP) is 5.17. The SMILES string of the molecule is CCOc1ccc(/C=N/N(C(=O)c2cccc(N3C(=O)CCC3=O)c2)c2nc3ccc(F)cc3s2)cc1. The average Bonchev–Trinajstić information content (AvgIpc) is 3.47. The highest BCUT2D eigenvalue weighted by molar-refractivity contribution is 7.22. The minimum atomic E-state index is -0.525. The lowest BCUT2D eigenvalue weighted by Crippen LogP contribution is -2.29. The lowest BCUT2D eigenvalue weighted by atomic mass is 10.1. The largest absolute Gasteiger partial charge is 0.494 e. The first kappa shape index (κ1) is 24.3. The summed E-state index contributed by atoms with van der Waals surface area (Å²) in [4.78, 5) is 43.7. The molecule has 0 bridgehead atoms. The van der Waals surface area contributed by atoms with E-state index in [0.29, 0.717) is 28.3 Å². The summed E-state index contributed by atoms with van der Waals surface area (Å²) in [5.41, 5.74) is 1.77. The van der Waals surface area contributed by atoms with Gasteiger partial charge in [0, 0.05) is 18.4 Å². The summed E-state index contributed by atoms with van der Waals surface area (Å²) < 4.78 is 19.8. The molecule has 0 radical (unpaired) electrons. The first-order valence-electron chi connectivity index (χ1n) is 11.6. The number of imide groups is 1. The van der Waals surface area contributed by atoms with Gasteiger partial charge in [0.1, 0.15) is 11.6 Å². The van der Waals surface area contributed by atoms with Crippen LogP contribution in [-0.4, -0.2) is 35.5 Å². The molecule has 0 atom stereocenters. The predicted molar refractivity (Wildman–Crippen MR) is 140 cm³/mol. The smallest absolute Gasteiger partial charge is 0.280 e. The van der Waals surface area contributed by atoms with Gasteiger partial charge in [0.15, 0.2) is 0 Å². The first-order chi connectivity index (χ1) is 17.9. The Bertz CT molecular complexity index is 1520. The van der Waals surface area contributed by atoms with Crippen LogP contribution in [0.4, 0.5) is 15.2 Å². The molecule has 5 rings (SSSR count). The van der Waals surface area contributed by atoms with E-state index in [1.807, 2.05) is 6.92 Å². The van der Waals surface area contributed by atoms with Crippen LogP contribution in [0.25, 0.3) is 10.2 Å². The summed E-state index contributed by atoms with van der Waals surface area (Å²) in [5.74, 6) is -0.848. The number of halogens is 1. The number of anilines is 2. The fraction of sp³-hybridized carbons (Fsp3) is 0.148. The highest BCUT2D eigenvalue weighted by Gasteiger charge is 2.31. The molecule has 0 aliphatic carbocycles. The maximum Gasteiger partial charge on any atom is 0.280 e. The molecule has 2 heterocycles. The van der Waals surface area contributed by atoms with E-state index in [0.717, 1.165) is 26.8 Å². The lowest BCUT2D eigenvalue weighted by molar-refractivity contribution is -0.121. The number of fused-ring (bicyclic) bond motifs is 1. The zero-order valence-corrected chi connectivity index (χ0v) is 20.6. The Hall–Kier alpha value is -4.44. The maximum atomic E-state index is 13.8. The van der Waals surface area contributed by atoms with Crippen molar-refractivity contribution in [3.8, 4) is 5.75 Å². The molecule has 0 unspecified atom stereocenters. The van der Waals surface area contributed by atoms with Crippen LogP contribution in [-0.2, 0) is 9.59 Å². The molecule has 1 aliphatic rings. The molecule has 1 aromatic heterocycles. The summed E-state index contributed by atoms with van der Waals surface area (Å²) in [6.45, 7) is 2.44. The molecule has 3 aromatic carbocycles. The van der Waals surface area contributed by atoms with Gasteiger partial charge in [-0.15, -0.1) is 0 Å². The fourth-order valence-corrected chi connectivity index (χ4v) is 4.82. The van der Waals surface area contributed by atoms with Crippen molar-refractivity contribution >= 4 is 56.3 Å². The van der Waals surface area contributed by atoms with Gasteiger partial charge in [-0.25, -0.2) is 9.37 Å². The van der Waals surface area contributed by atoms with Gasteiger partial charge in [-0.1, -0.05) is 17.4 Å². The summed E-state index contributed by atoms with van der Waals surface area (Å²) in [6, 6.07) is 17.6. The van der Waals surface area contributed by atoms with E-state index < -0.39 is 11.7 Å².